The number of aryl methyl sites for hydroxylation is 1. The van der Waals surface area contributed by atoms with Crippen LogP contribution in [0.25, 0.3) is 0 Å². The van der Waals surface area contributed by atoms with Crippen molar-refractivity contribution >= 4 is 17.4 Å². The van der Waals surface area contributed by atoms with Gasteiger partial charge in [-0.25, -0.2) is 4.39 Å². The van der Waals surface area contributed by atoms with Crippen molar-refractivity contribution in [2.75, 3.05) is 0 Å². The molecule has 2 nitrogen and oxygen atoms in total. The fourth-order valence-corrected chi connectivity index (χ4v) is 2.01. The van der Waals surface area contributed by atoms with Gasteiger partial charge in [0.25, 0.3) is 0 Å². The Bertz CT molecular complexity index is 640. The highest BCUT2D eigenvalue weighted by Gasteiger charge is 2.17. The Morgan fingerprint density at radius 1 is 1.25 bits per heavy atom. The van der Waals surface area contributed by atoms with Crippen LogP contribution in [-0.4, -0.2) is 11.9 Å². The molecule has 0 spiro atoms. The number of carbonyl (C=O) groups is 1. The van der Waals surface area contributed by atoms with Gasteiger partial charge in [-0.05, 0) is 55.8 Å². The minimum atomic E-state index is -0.668. The lowest BCUT2D eigenvalue weighted by Gasteiger charge is -2.14. The molecule has 20 heavy (non-hydrogen) atoms. The normalized spacial score (nSPS) is 12.0. The lowest BCUT2D eigenvalue weighted by atomic mass is 10.0. The van der Waals surface area contributed by atoms with Crippen LogP contribution in [0.15, 0.2) is 42.5 Å². The molecule has 0 aliphatic rings. The summed E-state index contributed by atoms with van der Waals surface area (Å²) in [7, 11) is 0. The summed E-state index contributed by atoms with van der Waals surface area (Å²) >= 11 is 5.86. The van der Waals surface area contributed by atoms with Crippen LogP contribution in [0.5, 0.6) is 5.75 Å². The molecule has 1 atom stereocenters. The fourth-order valence-electron chi connectivity index (χ4n) is 1.83. The lowest BCUT2D eigenvalue weighted by Crippen LogP contribution is -2.24. The summed E-state index contributed by atoms with van der Waals surface area (Å²) in [6, 6.07) is 11.1. The summed E-state index contributed by atoms with van der Waals surface area (Å²) in [5.74, 6) is -0.00442. The molecule has 2 rings (SSSR count). The zero-order valence-electron chi connectivity index (χ0n) is 11.2. The lowest BCUT2D eigenvalue weighted by molar-refractivity contribution is 0.0818. The highest BCUT2D eigenvalue weighted by Crippen LogP contribution is 2.20. The molecule has 2 aromatic carbocycles. The van der Waals surface area contributed by atoms with E-state index < -0.39 is 6.10 Å². The molecule has 0 heterocycles. The summed E-state index contributed by atoms with van der Waals surface area (Å²) in [6.07, 6.45) is -0.668. The van der Waals surface area contributed by atoms with Crippen molar-refractivity contribution in [1.82, 2.24) is 0 Å². The third-order valence-corrected chi connectivity index (χ3v) is 3.16. The molecule has 2 aromatic rings. The topological polar surface area (TPSA) is 26.3 Å². The fraction of sp³-hybridized carbons (Fsp3) is 0.188. The van der Waals surface area contributed by atoms with Gasteiger partial charge in [-0.1, -0.05) is 17.7 Å². The summed E-state index contributed by atoms with van der Waals surface area (Å²) in [4.78, 5) is 12.2. The van der Waals surface area contributed by atoms with E-state index in [1.165, 1.54) is 18.2 Å². The minimum Gasteiger partial charge on any atom is -0.483 e. The molecule has 0 bridgehead atoms. The average molecular weight is 293 g/mol. The van der Waals surface area contributed by atoms with E-state index in [9.17, 15) is 9.18 Å². The number of hydrogen-bond acceptors (Lipinski definition) is 2. The van der Waals surface area contributed by atoms with Gasteiger partial charge in [-0.3, -0.25) is 4.79 Å². The SMILES string of the molecule is Cc1cc(C(=O)C(C)Oc2cccc(Cl)c2)ccc1F. The van der Waals surface area contributed by atoms with Crippen molar-refractivity contribution in [2.45, 2.75) is 20.0 Å². The van der Waals surface area contributed by atoms with Gasteiger partial charge in [-0.2, -0.15) is 0 Å². The number of carbonyl (C=O) groups excluding carboxylic acids is 1. The Balaban J connectivity index is 2.14. The molecule has 4 heteroatoms. The van der Waals surface area contributed by atoms with Crippen LogP contribution in [0, 0.1) is 12.7 Å². The summed E-state index contributed by atoms with van der Waals surface area (Å²) < 4.78 is 18.8. The van der Waals surface area contributed by atoms with Gasteiger partial charge in [0, 0.05) is 10.6 Å². The number of Topliss-reactive ketones (excluding diaryl/α,β-unsaturated/α-hetero) is 1. The summed E-state index contributed by atoms with van der Waals surface area (Å²) in [5, 5.41) is 0.541. The van der Waals surface area contributed by atoms with E-state index in [1.807, 2.05) is 0 Å². The second kappa shape index (κ2) is 6.06. The maximum atomic E-state index is 13.2. The van der Waals surface area contributed by atoms with E-state index in [0.717, 1.165) is 0 Å². The number of ether oxygens (including phenoxy) is 1. The van der Waals surface area contributed by atoms with Crippen molar-refractivity contribution in [3.8, 4) is 5.75 Å². The van der Waals surface area contributed by atoms with Gasteiger partial charge in [0.15, 0.2) is 6.10 Å². The first-order valence-corrected chi connectivity index (χ1v) is 6.58. The van der Waals surface area contributed by atoms with E-state index in [1.54, 1.807) is 38.1 Å². The molecule has 0 amide bonds. The van der Waals surface area contributed by atoms with Gasteiger partial charge in [0.2, 0.25) is 5.78 Å². The number of hydrogen-bond donors (Lipinski definition) is 0. The number of halogens is 2. The Morgan fingerprint density at radius 3 is 2.65 bits per heavy atom. The molecule has 1 unspecified atom stereocenters. The predicted molar refractivity (Wildman–Crippen MR) is 77.0 cm³/mol. The maximum Gasteiger partial charge on any atom is 0.203 e. The van der Waals surface area contributed by atoms with Crippen molar-refractivity contribution in [1.29, 1.82) is 0 Å². The van der Waals surface area contributed by atoms with Crippen LogP contribution in [0.4, 0.5) is 4.39 Å². The first kappa shape index (κ1) is 14.5. The van der Waals surface area contributed by atoms with Gasteiger partial charge >= 0.3 is 0 Å². The van der Waals surface area contributed by atoms with Gasteiger partial charge < -0.3 is 4.74 Å². The van der Waals surface area contributed by atoms with Crippen LogP contribution in [0.2, 0.25) is 5.02 Å². The van der Waals surface area contributed by atoms with E-state index in [2.05, 4.69) is 0 Å². The Morgan fingerprint density at radius 2 is 2.00 bits per heavy atom. The number of ketones is 1. The van der Waals surface area contributed by atoms with Gasteiger partial charge in [-0.15, -0.1) is 0 Å². The van der Waals surface area contributed by atoms with Crippen molar-refractivity contribution < 1.29 is 13.9 Å². The zero-order valence-corrected chi connectivity index (χ0v) is 11.9. The smallest absolute Gasteiger partial charge is 0.203 e. The van der Waals surface area contributed by atoms with Crippen LogP contribution in [-0.2, 0) is 0 Å². The molecule has 0 aromatic heterocycles. The molecule has 0 N–H and O–H groups in total. The van der Waals surface area contributed by atoms with E-state index >= 15 is 0 Å². The molecular formula is C16H14ClFO2. The Kier molecular flexibility index (Phi) is 4.40. The van der Waals surface area contributed by atoms with Crippen LogP contribution in [0.3, 0.4) is 0 Å². The zero-order chi connectivity index (χ0) is 14.7. The van der Waals surface area contributed by atoms with E-state index in [-0.39, 0.29) is 11.6 Å². The van der Waals surface area contributed by atoms with Crippen LogP contribution >= 0.6 is 11.6 Å². The van der Waals surface area contributed by atoms with Crippen molar-refractivity contribution in [3.63, 3.8) is 0 Å². The first-order chi connectivity index (χ1) is 9.47. The summed E-state index contributed by atoms with van der Waals surface area (Å²) in [6.45, 7) is 3.27. The molecule has 0 radical (unpaired) electrons. The molecule has 0 aliphatic heterocycles. The van der Waals surface area contributed by atoms with Crippen molar-refractivity contribution in [3.05, 3.63) is 64.4 Å². The standard InChI is InChI=1S/C16H14ClFO2/c1-10-8-12(6-7-15(10)18)16(19)11(2)20-14-5-3-4-13(17)9-14/h3-9,11H,1-2H3. The number of rotatable bonds is 4. The molecular weight excluding hydrogens is 279 g/mol. The highest BCUT2D eigenvalue weighted by molar-refractivity contribution is 6.30. The average Bonchev–Trinajstić information content (AvgIpc) is 2.41. The second-order valence-electron chi connectivity index (χ2n) is 4.55. The third kappa shape index (κ3) is 3.36. The molecule has 0 saturated heterocycles. The first-order valence-electron chi connectivity index (χ1n) is 6.20. The summed E-state index contributed by atoms with van der Waals surface area (Å²) in [5.41, 5.74) is 0.865. The van der Waals surface area contributed by atoms with Gasteiger partial charge in [0.1, 0.15) is 11.6 Å². The van der Waals surface area contributed by atoms with Gasteiger partial charge in [0.05, 0.1) is 0 Å². The van der Waals surface area contributed by atoms with E-state index in [0.29, 0.717) is 21.9 Å². The van der Waals surface area contributed by atoms with E-state index in [4.69, 9.17) is 16.3 Å². The van der Waals surface area contributed by atoms with Crippen LogP contribution < -0.4 is 4.74 Å². The Labute approximate surface area is 122 Å². The monoisotopic (exact) mass is 292 g/mol. The molecule has 0 aliphatic carbocycles. The quantitative estimate of drug-likeness (QED) is 0.779. The largest absolute Gasteiger partial charge is 0.483 e. The Hall–Kier alpha value is -1.87. The molecule has 0 fully saturated rings. The highest BCUT2D eigenvalue weighted by atomic mass is 35.5. The number of benzene rings is 2. The molecule has 104 valence electrons. The van der Waals surface area contributed by atoms with Crippen molar-refractivity contribution in [2.24, 2.45) is 0 Å². The maximum absolute atomic E-state index is 13.2. The van der Waals surface area contributed by atoms with Crippen LogP contribution in [0.1, 0.15) is 22.8 Å². The molecule has 0 saturated carbocycles. The predicted octanol–water partition coefficient (Wildman–Crippen LogP) is 4.44. The third-order valence-electron chi connectivity index (χ3n) is 2.92. The minimum absolute atomic E-state index is 0.201. The second-order valence-corrected chi connectivity index (χ2v) is 4.98.